The van der Waals surface area contributed by atoms with E-state index in [0.717, 1.165) is 24.8 Å². The van der Waals surface area contributed by atoms with Crippen molar-refractivity contribution in [3.63, 3.8) is 0 Å². The molecule has 3 rings (SSSR count). The van der Waals surface area contributed by atoms with E-state index in [1.165, 1.54) is 17.8 Å². The summed E-state index contributed by atoms with van der Waals surface area (Å²) in [5, 5.41) is 2.77. The fourth-order valence-electron chi connectivity index (χ4n) is 3.22. The predicted molar refractivity (Wildman–Crippen MR) is 121 cm³/mol. The van der Waals surface area contributed by atoms with Gasteiger partial charge in [-0.25, -0.2) is 13.4 Å². The van der Waals surface area contributed by atoms with Gasteiger partial charge in [-0.3, -0.25) is 4.79 Å². The first kappa shape index (κ1) is 22.7. The second-order valence-electron chi connectivity index (χ2n) is 7.27. The van der Waals surface area contributed by atoms with Gasteiger partial charge in [0.05, 0.1) is 0 Å². The average molecular weight is 438 g/mol. The van der Waals surface area contributed by atoms with Crippen molar-refractivity contribution in [1.82, 2.24) is 15.0 Å². The quantitative estimate of drug-likeness (QED) is 0.451. The molecular weight excluding hydrogens is 410 g/mol. The lowest BCUT2D eigenvalue weighted by Crippen LogP contribution is -2.48. The highest BCUT2D eigenvalue weighted by atomic mass is 32.2. The topological polar surface area (TPSA) is 88.2 Å². The molecule has 1 aromatic heterocycles. The van der Waals surface area contributed by atoms with E-state index in [2.05, 4.69) is 27.2 Å². The Balaban J connectivity index is 1.59. The number of aryl methyl sites for hydroxylation is 1. The maximum atomic E-state index is 12.8. The van der Waals surface area contributed by atoms with E-state index < -0.39 is 16.1 Å². The minimum Gasteiger partial charge on any atom is -0.355 e. The summed E-state index contributed by atoms with van der Waals surface area (Å²) in [6.07, 6.45) is 4.35. The summed E-state index contributed by atoms with van der Waals surface area (Å²) in [6, 6.07) is 23.2. The maximum absolute atomic E-state index is 12.8. The zero-order valence-electron chi connectivity index (χ0n) is 17.3. The number of unbranched alkanes of at least 4 members (excludes halogenated alkanes) is 1. The molecular formula is C24H27N3O3S. The predicted octanol–water partition coefficient (Wildman–Crippen LogP) is 3.11. The Hall–Kier alpha value is -3.03. The molecule has 1 atom stereocenters. The third-order valence-corrected chi connectivity index (χ3v) is 6.23. The van der Waals surface area contributed by atoms with Crippen LogP contribution in [0.25, 0.3) is 0 Å². The molecule has 2 aromatic carbocycles. The number of carbonyl (C=O) groups excluding carboxylic acids is 1. The Bertz CT molecular complexity index is 1040. The zero-order valence-corrected chi connectivity index (χ0v) is 18.1. The Morgan fingerprint density at radius 1 is 0.839 bits per heavy atom. The molecule has 2 N–H and O–H groups in total. The van der Waals surface area contributed by atoms with Crippen LogP contribution in [0.3, 0.4) is 0 Å². The van der Waals surface area contributed by atoms with Gasteiger partial charge in [0, 0.05) is 12.7 Å². The van der Waals surface area contributed by atoms with Crippen molar-refractivity contribution in [1.29, 1.82) is 0 Å². The van der Waals surface area contributed by atoms with Gasteiger partial charge in [-0.2, -0.15) is 4.72 Å². The lowest BCUT2D eigenvalue weighted by Gasteiger charge is -2.18. The maximum Gasteiger partial charge on any atom is 0.258 e. The summed E-state index contributed by atoms with van der Waals surface area (Å²) in [7, 11) is -3.92. The largest absolute Gasteiger partial charge is 0.355 e. The van der Waals surface area contributed by atoms with Crippen molar-refractivity contribution in [3.8, 4) is 0 Å². The minimum atomic E-state index is -3.92. The number of hydrogen-bond donors (Lipinski definition) is 2. The molecule has 0 saturated heterocycles. The number of nitrogens with one attached hydrogen (secondary N) is 2. The fourth-order valence-corrected chi connectivity index (χ4v) is 4.37. The van der Waals surface area contributed by atoms with E-state index >= 15 is 0 Å². The number of amides is 1. The van der Waals surface area contributed by atoms with E-state index in [4.69, 9.17) is 0 Å². The Labute approximate surface area is 183 Å². The van der Waals surface area contributed by atoms with Crippen LogP contribution >= 0.6 is 0 Å². The van der Waals surface area contributed by atoms with E-state index in [1.54, 1.807) is 12.1 Å². The fraction of sp³-hybridized carbons (Fsp3) is 0.250. The second kappa shape index (κ2) is 11.4. The molecule has 0 radical (unpaired) electrons. The summed E-state index contributed by atoms with van der Waals surface area (Å²) in [5.41, 5.74) is 2.13. The lowest BCUT2D eigenvalue weighted by molar-refractivity contribution is -0.122. The summed E-state index contributed by atoms with van der Waals surface area (Å²) < 4.78 is 28.0. The Kier molecular flexibility index (Phi) is 8.32. The van der Waals surface area contributed by atoms with Crippen molar-refractivity contribution in [2.75, 3.05) is 6.54 Å². The molecule has 1 unspecified atom stereocenters. The molecule has 1 heterocycles. The van der Waals surface area contributed by atoms with E-state index in [-0.39, 0.29) is 17.4 Å². The van der Waals surface area contributed by atoms with E-state index in [9.17, 15) is 13.2 Å². The van der Waals surface area contributed by atoms with Gasteiger partial charge in [0.1, 0.15) is 6.04 Å². The molecule has 0 aliphatic carbocycles. The molecule has 0 fully saturated rings. The van der Waals surface area contributed by atoms with Gasteiger partial charge in [-0.05, 0) is 48.9 Å². The highest BCUT2D eigenvalue weighted by molar-refractivity contribution is 7.89. The standard InChI is InChI=1S/C24H27N3O3S/c28-24(26-18-9-7-13-20-11-3-1-4-12-20)22(19-21-14-5-2-6-15-21)27-31(29,30)23-16-8-10-17-25-23/h1-6,8,10-12,14-17,22,27H,7,9,13,18-19H2,(H,26,28). The molecule has 0 bridgehead atoms. The first-order valence-corrected chi connectivity index (χ1v) is 11.8. The Morgan fingerprint density at radius 3 is 2.13 bits per heavy atom. The first-order valence-electron chi connectivity index (χ1n) is 10.3. The van der Waals surface area contributed by atoms with Crippen LogP contribution < -0.4 is 10.0 Å². The molecule has 0 saturated carbocycles. The molecule has 0 aliphatic rings. The third kappa shape index (κ3) is 7.31. The summed E-state index contributed by atoms with van der Waals surface area (Å²) in [4.78, 5) is 16.7. The number of pyridine rings is 1. The van der Waals surface area contributed by atoms with Crippen LogP contribution in [0.1, 0.15) is 24.0 Å². The number of nitrogens with zero attached hydrogens (tertiary/aromatic N) is 1. The highest BCUT2D eigenvalue weighted by Crippen LogP contribution is 2.09. The van der Waals surface area contributed by atoms with Gasteiger partial charge < -0.3 is 5.32 Å². The van der Waals surface area contributed by atoms with Crippen molar-refractivity contribution in [2.45, 2.75) is 36.8 Å². The van der Waals surface area contributed by atoms with Crippen LogP contribution in [0.5, 0.6) is 0 Å². The highest BCUT2D eigenvalue weighted by Gasteiger charge is 2.26. The zero-order chi connectivity index (χ0) is 21.9. The molecule has 0 spiro atoms. The van der Waals surface area contributed by atoms with Crippen molar-refractivity contribution >= 4 is 15.9 Å². The molecule has 6 nitrogen and oxygen atoms in total. The molecule has 162 valence electrons. The normalized spacial score (nSPS) is 12.3. The summed E-state index contributed by atoms with van der Waals surface area (Å²) >= 11 is 0. The van der Waals surface area contributed by atoms with Crippen molar-refractivity contribution in [3.05, 3.63) is 96.2 Å². The number of aromatic nitrogens is 1. The molecule has 31 heavy (non-hydrogen) atoms. The molecule has 3 aromatic rings. The molecule has 1 amide bonds. The van der Waals surface area contributed by atoms with Crippen LogP contribution in [-0.2, 0) is 27.7 Å². The summed E-state index contributed by atoms with van der Waals surface area (Å²) in [6.45, 7) is 0.488. The lowest BCUT2D eigenvalue weighted by atomic mass is 10.1. The Morgan fingerprint density at radius 2 is 1.48 bits per heavy atom. The first-order chi connectivity index (χ1) is 15.0. The second-order valence-corrected chi connectivity index (χ2v) is 8.93. The third-order valence-electron chi connectivity index (χ3n) is 4.84. The van der Waals surface area contributed by atoms with Gasteiger partial charge in [0.2, 0.25) is 5.91 Å². The van der Waals surface area contributed by atoms with Gasteiger partial charge in [0.15, 0.2) is 5.03 Å². The van der Waals surface area contributed by atoms with Crippen LogP contribution in [0.15, 0.2) is 90.1 Å². The van der Waals surface area contributed by atoms with E-state index in [1.807, 2.05) is 48.5 Å². The van der Waals surface area contributed by atoms with Crippen LogP contribution in [-0.4, -0.2) is 31.9 Å². The smallest absolute Gasteiger partial charge is 0.258 e. The monoisotopic (exact) mass is 437 g/mol. The van der Waals surface area contributed by atoms with Crippen molar-refractivity contribution in [2.24, 2.45) is 0 Å². The molecule has 0 aliphatic heterocycles. The number of hydrogen-bond acceptors (Lipinski definition) is 4. The van der Waals surface area contributed by atoms with Gasteiger partial charge in [0.25, 0.3) is 10.0 Å². The minimum absolute atomic E-state index is 0.108. The summed E-state index contributed by atoms with van der Waals surface area (Å²) in [5.74, 6) is -0.344. The number of benzene rings is 2. The van der Waals surface area contributed by atoms with Crippen LogP contribution in [0.4, 0.5) is 0 Å². The number of carbonyl (C=O) groups is 1. The van der Waals surface area contributed by atoms with Gasteiger partial charge >= 0.3 is 0 Å². The van der Waals surface area contributed by atoms with Crippen LogP contribution in [0.2, 0.25) is 0 Å². The van der Waals surface area contributed by atoms with E-state index in [0.29, 0.717) is 6.54 Å². The van der Waals surface area contributed by atoms with Gasteiger partial charge in [-0.15, -0.1) is 0 Å². The SMILES string of the molecule is O=C(NCCCCc1ccccc1)C(Cc1ccccc1)NS(=O)(=O)c1ccccn1. The van der Waals surface area contributed by atoms with Crippen molar-refractivity contribution < 1.29 is 13.2 Å². The number of rotatable bonds is 11. The number of sulfonamides is 1. The molecule has 7 heteroatoms. The van der Waals surface area contributed by atoms with Crippen LogP contribution in [0, 0.1) is 0 Å². The van der Waals surface area contributed by atoms with Gasteiger partial charge in [-0.1, -0.05) is 66.7 Å². The average Bonchev–Trinajstić information content (AvgIpc) is 2.80.